The fourth-order valence-electron chi connectivity index (χ4n) is 2.11. The number of hydrogen-bond donors (Lipinski definition) is 1. The molecule has 106 valence electrons. The van der Waals surface area contributed by atoms with Crippen LogP contribution >= 0.6 is 0 Å². The minimum atomic E-state index is -3.05. The number of ether oxygens (including phenoxy) is 2. The van der Waals surface area contributed by atoms with Crippen molar-refractivity contribution >= 4 is 9.84 Å². The summed E-state index contributed by atoms with van der Waals surface area (Å²) in [7, 11) is -0.199. The highest BCUT2D eigenvalue weighted by Gasteiger charge is 2.35. The topological polar surface area (TPSA) is 98.6 Å². The highest BCUT2D eigenvalue weighted by molar-refractivity contribution is 7.91. The molecule has 2 rings (SSSR count). The van der Waals surface area contributed by atoms with Crippen LogP contribution in [0.15, 0.2) is 6.20 Å². The van der Waals surface area contributed by atoms with E-state index >= 15 is 0 Å². The van der Waals surface area contributed by atoms with E-state index in [1.54, 1.807) is 0 Å². The van der Waals surface area contributed by atoms with Crippen molar-refractivity contribution in [3.8, 4) is 11.8 Å². The molecule has 1 fully saturated rings. The Hall–Kier alpha value is -1.41. The molecule has 7 nitrogen and oxygen atoms in total. The quantitative estimate of drug-likeness (QED) is 0.830. The van der Waals surface area contributed by atoms with Crippen molar-refractivity contribution in [2.24, 2.45) is 5.92 Å². The van der Waals surface area contributed by atoms with E-state index in [1.165, 1.54) is 20.4 Å². The molecule has 1 N–H and O–H groups in total. The van der Waals surface area contributed by atoms with Gasteiger partial charge in [0.05, 0.1) is 31.9 Å². The van der Waals surface area contributed by atoms with Gasteiger partial charge in [-0.15, -0.1) is 0 Å². The third kappa shape index (κ3) is 2.95. The molecule has 0 spiro atoms. The predicted octanol–water partition coefficient (Wildman–Crippen LogP) is -0.0381. The van der Waals surface area contributed by atoms with Gasteiger partial charge >= 0.3 is 0 Å². The van der Waals surface area contributed by atoms with Crippen LogP contribution in [0, 0.1) is 5.92 Å². The third-order valence-corrected chi connectivity index (χ3v) is 4.94. The summed E-state index contributed by atoms with van der Waals surface area (Å²) in [4.78, 5) is 8.08. The molecule has 1 aromatic heterocycles. The van der Waals surface area contributed by atoms with E-state index in [9.17, 15) is 13.5 Å². The van der Waals surface area contributed by atoms with E-state index in [0.717, 1.165) is 0 Å². The average molecular weight is 288 g/mol. The zero-order chi connectivity index (χ0) is 14.0. The summed E-state index contributed by atoms with van der Waals surface area (Å²) in [6.07, 6.45) is 0.774. The molecule has 1 aliphatic heterocycles. The molecule has 8 heteroatoms. The lowest BCUT2D eigenvalue weighted by molar-refractivity contribution is 0.112. The summed E-state index contributed by atoms with van der Waals surface area (Å²) < 4.78 is 32.8. The number of sulfone groups is 1. The minimum absolute atomic E-state index is 0.0367. The number of aliphatic hydroxyl groups is 1. The largest absolute Gasteiger partial charge is 0.480 e. The number of aliphatic hydroxyl groups excluding tert-OH is 1. The van der Waals surface area contributed by atoms with Crippen LogP contribution in [-0.4, -0.2) is 49.2 Å². The highest BCUT2D eigenvalue weighted by atomic mass is 32.2. The number of nitrogens with zero attached hydrogens (tertiary/aromatic N) is 2. The molecule has 0 aliphatic carbocycles. The van der Waals surface area contributed by atoms with Gasteiger partial charge in [0, 0.05) is 5.92 Å². The molecule has 2 unspecified atom stereocenters. The maximum absolute atomic E-state index is 11.4. The van der Waals surface area contributed by atoms with Crippen molar-refractivity contribution in [3.63, 3.8) is 0 Å². The van der Waals surface area contributed by atoms with Crippen LogP contribution in [-0.2, 0) is 9.84 Å². The first-order valence-corrected chi connectivity index (χ1v) is 7.62. The van der Waals surface area contributed by atoms with Gasteiger partial charge in [0.25, 0.3) is 0 Å². The van der Waals surface area contributed by atoms with Gasteiger partial charge in [-0.25, -0.2) is 13.4 Å². The normalized spacial score (nSPS) is 23.0. The molecular weight excluding hydrogens is 272 g/mol. The number of rotatable bonds is 4. The number of hydrogen-bond acceptors (Lipinski definition) is 7. The fraction of sp³-hybridized carbons (Fsp3) is 0.636. The Morgan fingerprint density at radius 2 is 2.16 bits per heavy atom. The first kappa shape index (κ1) is 14.0. The Bertz CT molecular complexity index is 560. The lowest BCUT2D eigenvalue weighted by Crippen LogP contribution is -2.17. The molecule has 19 heavy (non-hydrogen) atoms. The third-order valence-electron chi connectivity index (χ3n) is 3.14. The zero-order valence-corrected chi connectivity index (χ0v) is 11.6. The Morgan fingerprint density at radius 1 is 1.42 bits per heavy atom. The molecule has 1 saturated heterocycles. The predicted molar refractivity (Wildman–Crippen MR) is 66.9 cm³/mol. The number of methoxy groups -OCH3 is 2. The van der Waals surface area contributed by atoms with E-state index in [-0.39, 0.29) is 34.9 Å². The van der Waals surface area contributed by atoms with Crippen molar-refractivity contribution in [1.29, 1.82) is 0 Å². The maximum Gasteiger partial charge on any atom is 0.241 e. The minimum Gasteiger partial charge on any atom is -0.480 e. The SMILES string of the molecule is COc1cnc(C(O)C2CCS(=O)(=O)C2)c(OC)n1. The summed E-state index contributed by atoms with van der Waals surface area (Å²) in [5, 5.41) is 10.2. The second-order valence-corrected chi connectivity index (χ2v) is 6.64. The summed E-state index contributed by atoms with van der Waals surface area (Å²) in [5.74, 6) is 0.107. The lowest BCUT2D eigenvalue weighted by Gasteiger charge is -2.17. The molecule has 1 aliphatic rings. The van der Waals surface area contributed by atoms with E-state index in [2.05, 4.69) is 9.97 Å². The first-order valence-electron chi connectivity index (χ1n) is 5.80. The van der Waals surface area contributed by atoms with Gasteiger partial charge in [0.1, 0.15) is 11.8 Å². The zero-order valence-electron chi connectivity index (χ0n) is 10.7. The van der Waals surface area contributed by atoms with E-state index in [0.29, 0.717) is 6.42 Å². The molecule has 1 aromatic rings. The van der Waals surface area contributed by atoms with Crippen molar-refractivity contribution in [3.05, 3.63) is 11.9 Å². The van der Waals surface area contributed by atoms with Crippen molar-refractivity contribution < 1.29 is 23.0 Å². The standard InChI is InChI=1S/C11H16N2O5S/c1-17-8-5-12-9(11(13-8)18-2)10(14)7-3-4-19(15,16)6-7/h5,7,10,14H,3-4,6H2,1-2H3. The van der Waals surface area contributed by atoms with Crippen LogP contribution in [0.25, 0.3) is 0 Å². The van der Waals surface area contributed by atoms with Crippen LogP contribution < -0.4 is 9.47 Å². The summed E-state index contributed by atoms with van der Waals surface area (Å²) in [6.45, 7) is 0. The molecule has 0 bridgehead atoms. The monoisotopic (exact) mass is 288 g/mol. The van der Waals surface area contributed by atoms with Gasteiger partial charge in [-0.2, -0.15) is 4.98 Å². The Kier molecular flexibility index (Phi) is 3.91. The van der Waals surface area contributed by atoms with Gasteiger partial charge < -0.3 is 14.6 Å². The first-order chi connectivity index (χ1) is 8.96. The Morgan fingerprint density at radius 3 is 2.68 bits per heavy atom. The lowest BCUT2D eigenvalue weighted by atomic mass is 9.99. The van der Waals surface area contributed by atoms with Crippen molar-refractivity contribution in [1.82, 2.24) is 9.97 Å². The Labute approximate surface area is 111 Å². The van der Waals surface area contributed by atoms with Crippen molar-refractivity contribution in [2.75, 3.05) is 25.7 Å². The number of aromatic nitrogens is 2. The van der Waals surface area contributed by atoms with E-state index in [1.807, 2.05) is 0 Å². The molecule has 0 aromatic carbocycles. The fourth-order valence-corrected chi connectivity index (χ4v) is 3.94. The van der Waals surface area contributed by atoms with Gasteiger partial charge in [0.15, 0.2) is 9.84 Å². The van der Waals surface area contributed by atoms with Gasteiger partial charge in [-0.3, -0.25) is 0 Å². The summed E-state index contributed by atoms with van der Waals surface area (Å²) >= 11 is 0. The van der Waals surface area contributed by atoms with Crippen LogP contribution in [0.1, 0.15) is 18.2 Å². The Balaban J connectivity index is 2.26. The second kappa shape index (κ2) is 5.30. The maximum atomic E-state index is 11.4. The molecular formula is C11H16N2O5S. The van der Waals surface area contributed by atoms with Crippen LogP contribution in [0.5, 0.6) is 11.8 Å². The van der Waals surface area contributed by atoms with Gasteiger partial charge in [-0.05, 0) is 6.42 Å². The molecule has 2 heterocycles. The van der Waals surface area contributed by atoms with E-state index < -0.39 is 15.9 Å². The summed E-state index contributed by atoms with van der Waals surface area (Å²) in [6, 6.07) is 0. The summed E-state index contributed by atoms with van der Waals surface area (Å²) in [5.41, 5.74) is 0.241. The molecule has 0 saturated carbocycles. The van der Waals surface area contributed by atoms with Crippen LogP contribution in [0.3, 0.4) is 0 Å². The highest BCUT2D eigenvalue weighted by Crippen LogP contribution is 2.34. The van der Waals surface area contributed by atoms with Gasteiger partial charge in [-0.1, -0.05) is 0 Å². The van der Waals surface area contributed by atoms with Crippen LogP contribution in [0.2, 0.25) is 0 Å². The van der Waals surface area contributed by atoms with E-state index in [4.69, 9.17) is 9.47 Å². The molecule has 0 radical (unpaired) electrons. The second-order valence-electron chi connectivity index (χ2n) is 4.41. The van der Waals surface area contributed by atoms with Gasteiger partial charge in [0.2, 0.25) is 11.8 Å². The molecule has 2 atom stereocenters. The smallest absolute Gasteiger partial charge is 0.241 e. The van der Waals surface area contributed by atoms with Crippen molar-refractivity contribution in [2.45, 2.75) is 12.5 Å². The average Bonchev–Trinajstić information content (AvgIpc) is 2.77. The molecule has 0 amide bonds. The van der Waals surface area contributed by atoms with Crippen LogP contribution in [0.4, 0.5) is 0 Å².